The van der Waals surface area contributed by atoms with Crippen LogP contribution in [0.15, 0.2) is 6.20 Å². The van der Waals surface area contributed by atoms with Crippen LogP contribution in [0.1, 0.15) is 19.5 Å². The molecule has 66 valence electrons. The van der Waals surface area contributed by atoms with Gasteiger partial charge >= 0.3 is 5.97 Å². The Hall–Kier alpha value is -1.39. The minimum absolute atomic E-state index is 0.470. The van der Waals surface area contributed by atoms with E-state index in [1.807, 2.05) is 0 Å². The molecule has 0 bridgehead atoms. The summed E-state index contributed by atoms with van der Waals surface area (Å²) in [5.41, 5.74) is -0.494. The van der Waals surface area contributed by atoms with E-state index in [1.165, 1.54) is 4.68 Å². The van der Waals surface area contributed by atoms with E-state index in [0.717, 1.165) is 0 Å². The van der Waals surface area contributed by atoms with Gasteiger partial charge in [-0.3, -0.25) is 9.48 Å². The number of aromatic nitrogens is 3. The third-order valence-corrected chi connectivity index (χ3v) is 1.78. The highest BCUT2D eigenvalue weighted by atomic mass is 16.4. The Morgan fingerprint density at radius 2 is 2.25 bits per heavy atom. The van der Waals surface area contributed by atoms with Crippen molar-refractivity contribution in [2.45, 2.75) is 19.3 Å². The zero-order valence-corrected chi connectivity index (χ0v) is 7.27. The molecule has 0 fully saturated rings. The summed E-state index contributed by atoms with van der Waals surface area (Å²) >= 11 is 0. The molecule has 0 aliphatic carbocycles. The van der Waals surface area contributed by atoms with Gasteiger partial charge in [0, 0.05) is 13.2 Å². The molecular weight excluding hydrogens is 158 g/mol. The molecule has 0 unspecified atom stereocenters. The standard InChI is InChI=1S/C7H11N3O2/c1-7(2,6(11)12)5-4-10(3)9-8-5/h4H,1-3H3,(H,11,12). The van der Waals surface area contributed by atoms with Crippen LogP contribution in [0, 0.1) is 0 Å². The number of hydrogen-bond acceptors (Lipinski definition) is 3. The second-order valence-electron chi connectivity index (χ2n) is 3.21. The topological polar surface area (TPSA) is 68.0 Å². The number of hydrogen-bond donors (Lipinski definition) is 1. The van der Waals surface area contributed by atoms with Crippen LogP contribution in [0.3, 0.4) is 0 Å². The zero-order chi connectivity index (χ0) is 9.35. The molecular formula is C7H11N3O2. The summed E-state index contributed by atoms with van der Waals surface area (Å²) < 4.78 is 1.49. The molecule has 1 rings (SSSR count). The average molecular weight is 169 g/mol. The maximum Gasteiger partial charge on any atom is 0.315 e. The second-order valence-corrected chi connectivity index (χ2v) is 3.21. The molecule has 0 spiro atoms. The molecule has 0 aromatic carbocycles. The van der Waals surface area contributed by atoms with Gasteiger partial charge in [0.1, 0.15) is 5.41 Å². The Balaban J connectivity index is 3.05. The van der Waals surface area contributed by atoms with Crippen LogP contribution in [0.5, 0.6) is 0 Å². The molecule has 5 heteroatoms. The summed E-state index contributed by atoms with van der Waals surface area (Å²) in [6.07, 6.45) is 1.61. The lowest BCUT2D eigenvalue weighted by atomic mass is 9.90. The number of carboxylic acid groups (broad SMARTS) is 1. The van der Waals surface area contributed by atoms with Gasteiger partial charge < -0.3 is 5.11 Å². The number of carbonyl (C=O) groups is 1. The molecule has 0 saturated carbocycles. The predicted octanol–water partition coefficient (Wildman–Crippen LogP) is 0.177. The molecule has 0 radical (unpaired) electrons. The highest BCUT2D eigenvalue weighted by Gasteiger charge is 2.32. The van der Waals surface area contributed by atoms with Crippen molar-refractivity contribution in [2.75, 3.05) is 0 Å². The van der Waals surface area contributed by atoms with Gasteiger partial charge in [-0.15, -0.1) is 5.10 Å². The minimum Gasteiger partial charge on any atom is -0.481 e. The fraction of sp³-hybridized carbons (Fsp3) is 0.571. The lowest BCUT2D eigenvalue weighted by Gasteiger charge is -2.14. The van der Waals surface area contributed by atoms with Crippen LogP contribution in [0.25, 0.3) is 0 Å². The van der Waals surface area contributed by atoms with E-state index >= 15 is 0 Å². The third kappa shape index (κ3) is 1.30. The van der Waals surface area contributed by atoms with E-state index in [1.54, 1.807) is 27.1 Å². The fourth-order valence-corrected chi connectivity index (χ4v) is 0.743. The first-order valence-electron chi connectivity index (χ1n) is 3.55. The van der Waals surface area contributed by atoms with Crippen molar-refractivity contribution < 1.29 is 9.90 Å². The van der Waals surface area contributed by atoms with E-state index in [4.69, 9.17) is 5.11 Å². The van der Waals surface area contributed by atoms with Gasteiger partial charge in [-0.2, -0.15) is 0 Å². The Morgan fingerprint density at radius 1 is 1.67 bits per heavy atom. The van der Waals surface area contributed by atoms with Crippen molar-refractivity contribution in [1.29, 1.82) is 0 Å². The van der Waals surface area contributed by atoms with Crippen molar-refractivity contribution in [1.82, 2.24) is 15.0 Å². The van der Waals surface area contributed by atoms with Crippen LogP contribution in [0.2, 0.25) is 0 Å². The quantitative estimate of drug-likeness (QED) is 0.685. The molecule has 0 amide bonds. The SMILES string of the molecule is Cn1cc(C(C)(C)C(=O)O)nn1. The zero-order valence-electron chi connectivity index (χ0n) is 7.27. The summed E-state index contributed by atoms with van der Waals surface area (Å²) in [6, 6.07) is 0. The van der Waals surface area contributed by atoms with E-state index in [0.29, 0.717) is 5.69 Å². The van der Waals surface area contributed by atoms with Gasteiger partial charge in [0.2, 0.25) is 0 Å². The molecule has 0 aliphatic rings. The fourth-order valence-electron chi connectivity index (χ4n) is 0.743. The highest BCUT2D eigenvalue weighted by molar-refractivity contribution is 5.79. The molecule has 1 aromatic rings. The third-order valence-electron chi connectivity index (χ3n) is 1.78. The van der Waals surface area contributed by atoms with E-state index in [9.17, 15) is 4.79 Å². The van der Waals surface area contributed by atoms with Crippen LogP contribution >= 0.6 is 0 Å². The summed E-state index contributed by atoms with van der Waals surface area (Å²) in [5, 5.41) is 16.2. The monoisotopic (exact) mass is 169 g/mol. The van der Waals surface area contributed by atoms with Crippen molar-refractivity contribution in [3.63, 3.8) is 0 Å². The predicted molar refractivity (Wildman–Crippen MR) is 41.7 cm³/mol. The maximum absolute atomic E-state index is 10.8. The van der Waals surface area contributed by atoms with Gasteiger partial charge in [-0.05, 0) is 13.8 Å². The Labute approximate surface area is 70.0 Å². The molecule has 0 atom stereocenters. The maximum atomic E-state index is 10.8. The van der Waals surface area contributed by atoms with Crippen LogP contribution in [-0.4, -0.2) is 26.1 Å². The van der Waals surface area contributed by atoms with Crippen LogP contribution in [-0.2, 0) is 17.3 Å². The minimum atomic E-state index is -0.964. The van der Waals surface area contributed by atoms with Crippen molar-refractivity contribution in [2.24, 2.45) is 7.05 Å². The van der Waals surface area contributed by atoms with Gasteiger partial charge in [0.05, 0.1) is 5.69 Å². The van der Waals surface area contributed by atoms with E-state index in [-0.39, 0.29) is 0 Å². The number of rotatable bonds is 2. The van der Waals surface area contributed by atoms with E-state index < -0.39 is 11.4 Å². The molecule has 0 aliphatic heterocycles. The number of aryl methyl sites for hydroxylation is 1. The van der Waals surface area contributed by atoms with E-state index in [2.05, 4.69) is 10.3 Å². The number of carboxylic acids is 1. The molecule has 5 nitrogen and oxygen atoms in total. The first-order chi connectivity index (χ1) is 5.44. The van der Waals surface area contributed by atoms with Gasteiger partial charge in [-0.25, -0.2) is 0 Å². The second kappa shape index (κ2) is 2.58. The summed E-state index contributed by atoms with van der Waals surface area (Å²) in [6.45, 7) is 3.19. The molecule has 1 aromatic heterocycles. The van der Waals surface area contributed by atoms with Crippen molar-refractivity contribution >= 4 is 5.97 Å². The van der Waals surface area contributed by atoms with Crippen LogP contribution in [0.4, 0.5) is 0 Å². The van der Waals surface area contributed by atoms with Gasteiger partial charge in [0.15, 0.2) is 0 Å². The van der Waals surface area contributed by atoms with Crippen LogP contribution < -0.4 is 0 Å². The van der Waals surface area contributed by atoms with Gasteiger partial charge in [0.25, 0.3) is 0 Å². The smallest absolute Gasteiger partial charge is 0.315 e. The normalized spacial score (nSPS) is 11.6. The molecule has 12 heavy (non-hydrogen) atoms. The average Bonchev–Trinajstić information content (AvgIpc) is 2.35. The Kier molecular flexibility index (Phi) is 1.87. The first kappa shape index (κ1) is 8.70. The molecule has 1 N–H and O–H groups in total. The molecule has 0 saturated heterocycles. The Morgan fingerprint density at radius 3 is 2.58 bits per heavy atom. The number of aliphatic carboxylic acids is 1. The summed E-state index contributed by atoms with van der Waals surface area (Å²) in [7, 11) is 1.70. The van der Waals surface area contributed by atoms with Crippen molar-refractivity contribution in [3.8, 4) is 0 Å². The highest BCUT2D eigenvalue weighted by Crippen LogP contribution is 2.19. The number of nitrogens with zero attached hydrogens (tertiary/aromatic N) is 3. The largest absolute Gasteiger partial charge is 0.481 e. The lowest BCUT2D eigenvalue weighted by molar-refractivity contribution is -0.142. The first-order valence-corrected chi connectivity index (χ1v) is 3.55. The van der Waals surface area contributed by atoms with Gasteiger partial charge in [-0.1, -0.05) is 5.21 Å². The summed E-state index contributed by atoms with van der Waals surface area (Å²) in [4.78, 5) is 10.8. The van der Waals surface area contributed by atoms with Crippen molar-refractivity contribution in [3.05, 3.63) is 11.9 Å². The summed E-state index contributed by atoms with van der Waals surface area (Å²) in [5.74, 6) is -0.900. The Bertz CT molecular complexity index is 303. The molecule has 1 heterocycles. The lowest BCUT2D eigenvalue weighted by Crippen LogP contribution is -2.28.